The summed E-state index contributed by atoms with van der Waals surface area (Å²) < 4.78 is 25.3. The zero-order valence-corrected chi connectivity index (χ0v) is 14.8. The molecule has 0 aromatic carbocycles. The van der Waals surface area contributed by atoms with Crippen molar-refractivity contribution in [2.24, 2.45) is 11.8 Å². The van der Waals surface area contributed by atoms with Crippen molar-refractivity contribution in [2.45, 2.75) is 51.4 Å². The summed E-state index contributed by atoms with van der Waals surface area (Å²) >= 11 is 0. The van der Waals surface area contributed by atoms with E-state index in [-0.39, 0.29) is 24.1 Å². The molecule has 132 valence electrons. The zero-order chi connectivity index (χ0) is 17.6. The molecule has 5 heteroatoms. The van der Waals surface area contributed by atoms with E-state index < -0.39 is 5.60 Å². The predicted molar refractivity (Wildman–Crippen MR) is 90.2 cm³/mol. The van der Waals surface area contributed by atoms with Gasteiger partial charge in [0.1, 0.15) is 17.5 Å². The lowest BCUT2D eigenvalue weighted by atomic mass is 9.92. The second-order valence-corrected chi connectivity index (χ2v) is 7.95. The molecule has 4 atom stereocenters. The van der Waals surface area contributed by atoms with Crippen LogP contribution in [0.15, 0.2) is 35.7 Å². The smallest absolute Gasteiger partial charge is 0.410 e. The maximum Gasteiger partial charge on any atom is 0.410 e. The highest BCUT2D eigenvalue weighted by molar-refractivity contribution is 5.70. The molecule has 0 aromatic heterocycles. The van der Waals surface area contributed by atoms with Gasteiger partial charge in [-0.2, -0.15) is 0 Å². The molecule has 4 nitrogen and oxygen atoms in total. The Balaban J connectivity index is 1.91. The maximum atomic E-state index is 14.1. The molecule has 24 heavy (non-hydrogen) atoms. The van der Waals surface area contributed by atoms with Crippen molar-refractivity contribution in [3.05, 3.63) is 35.7 Å². The molecule has 0 radical (unpaired) electrons. The molecule has 2 aliphatic carbocycles. The maximum absolute atomic E-state index is 14.1. The van der Waals surface area contributed by atoms with E-state index in [4.69, 9.17) is 9.47 Å². The second kappa shape index (κ2) is 6.03. The largest absolute Gasteiger partial charge is 0.444 e. The molecule has 0 aromatic rings. The number of piperidine rings is 1. The summed E-state index contributed by atoms with van der Waals surface area (Å²) in [7, 11) is 1.60. The molecule has 1 heterocycles. The van der Waals surface area contributed by atoms with E-state index >= 15 is 0 Å². The Kier molecular flexibility index (Phi) is 4.32. The minimum absolute atomic E-state index is 0.177. The van der Waals surface area contributed by atoms with Crippen LogP contribution >= 0.6 is 0 Å². The van der Waals surface area contributed by atoms with Gasteiger partial charge < -0.3 is 14.4 Å². The van der Waals surface area contributed by atoms with Crippen molar-refractivity contribution in [2.75, 3.05) is 13.7 Å². The van der Waals surface area contributed by atoms with Gasteiger partial charge in [-0.3, -0.25) is 0 Å². The van der Waals surface area contributed by atoms with E-state index in [1.54, 1.807) is 12.0 Å². The standard InChI is InChI=1S/C19H26FNO3/c1-11-6-7-13(20)9-15(17(11)23-5)16-14-8-12(14)10-21(16)18(22)24-19(2,3)4/h7,9,12,14,16-17H,1,6,8,10H2,2-5H3. The van der Waals surface area contributed by atoms with Crippen LogP contribution in [0.25, 0.3) is 0 Å². The van der Waals surface area contributed by atoms with Gasteiger partial charge in [0.2, 0.25) is 0 Å². The fraction of sp³-hybridized carbons (Fsp3) is 0.632. The van der Waals surface area contributed by atoms with Gasteiger partial charge >= 0.3 is 6.09 Å². The summed E-state index contributed by atoms with van der Waals surface area (Å²) in [4.78, 5) is 14.4. The molecule has 1 aliphatic heterocycles. The van der Waals surface area contributed by atoms with Gasteiger partial charge in [0.15, 0.2) is 0 Å². The van der Waals surface area contributed by atoms with E-state index in [0.717, 1.165) is 17.6 Å². The van der Waals surface area contributed by atoms with Gasteiger partial charge in [-0.15, -0.1) is 0 Å². The Hall–Kier alpha value is -1.62. The summed E-state index contributed by atoms with van der Waals surface area (Å²) in [5, 5.41) is 0. The molecule has 1 saturated heterocycles. The molecule has 0 bridgehead atoms. The highest BCUT2D eigenvalue weighted by Gasteiger charge is 2.57. The summed E-state index contributed by atoms with van der Waals surface area (Å²) in [6.07, 6.45) is 3.83. The van der Waals surface area contributed by atoms with Crippen LogP contribution in [0.5, 0.6) is 0 Å². The topological polar surface area (TPSA) is 38.8 Å². The van der Waals surface area contributed by atoms with E-state index in [1.165, 1.54) is 12.2 Å². The molecule has 1 amide bonds. The fourth-order valence-electron chi connectivity index (χ4n) is 3.81. The number of methoxy groups -OCH3 is 1. The Morgan fingerprint density at radius 3 is 2.75 bits per heavy atom. The van der Waals surface area contributed by atoms with Gasteiger partial charge in [-0.25, -0.2) is 9.18 Å². The van der Waals surface area contributed by atoms with Gasteiger partial charge in [0.05, 0.1) is 6.04 Å². The number of hydrogen-bond acceptors (Lipinski definition) is 3. The minimum Gasteiger partial charge on any atom is -0.444 e. The number of nitrogens with zero attached hydrogens (tertiary/aromatic N) is 1. The molecular weight excluding hydrogens is 309 g/mol. The lowest BCUT2D eigenvalue weighted by Crippen LogP contribution is -2.45. The van der Waals surface area contributed by atoms with Gasteiger partial charge in [-0.05, 0) is 68.7 Å². The molecule has 4 unspecified atom stereocenters. The van der Waals surface area contributed by atoms with Crippen molar-refractivity contribution >= 4 is 6.09 Å². The number of carbonyl (C=O) groups is 1. The number of rotatable bonds is 2. The summed E-state index contributed by atoms with van der Waals surface area (Å²) in [6, 6.07) is -0.177. The van der Waals surface area contributed by atoms with Crippen LogP contribution in [0.2, 0.25) is 0 Å². The fourth-order valence-corrected chi connectivity index (χ4v) is 3.81. The summed E-state index contributed by atoms with van der Waals surface area (Å²) in [6.45, 7) is 10.3. The number of fused-ring (bicyclic) bond motifs is 1. The third-order valence-corrected chi connectivity index (χ3v) is 4.89. The van der Waals surface area contributed by atoms with E-state index in [1.807, 2.05) is 20.8 Å². The predicted octanol–water partition coefficient (Wildman–Crippen LogP) is 4.00. The second-order valence-electron chi connectivity index (χ2n) is 7.95. The first-order valence-electron chi connectivity index (χ1n) is 8.48. The molecule has 0 N–H and O–H groups in total. The number of ether oxygens (including phenoxy) is 2. The first-order chi connectivity index (χ1) is 11.2. The van der Waals surface area contributed by atoms with Gasteiger partial charge in [0, 0.05) is 13.7 Å². The van der Waals surface area contributed by atoms with Crippen molar-refractivity contribution < 1.29 is 18.7 Å². The van der Waals surface area contributed by atoms with Crippen molar-refractivity contribution in [3.8, 4) is 0 Å². The average Bonchev–Trinajstić information content (AvgIpc) is 3.16. The zero-order valence-electron chi connectivity index (χ0n) is 14.8. The highest BCUT2D eigenvalue weighted by atomic mass is 19.1. The molecular formula is C19H26FNO3. The van der Waals surface area contributed by atoms with Crippen LogP contribution in [0.1, 0.15) is 33.6 Å². The number of amides is 1. The van der Waals surface area contributed by atoms with Crippen LogP contribution < -0.4 is 0 Å². The van der Waals surface area contributed by atoms with Crippen LogP contribution in [0.3, 0.4) is 0 Å². The molecule has 0 spiro atoms. The Morgan fingerprint density at radius 1 is 1.42 bits per heavy atom. The van der Waals surface area contributed by atoms with Crippen molar-refractivity contribution in [1.82, 2.24) is 4.90 Å². The number of hydrogen-bond donors (Lipinski definition) is 0. The molecule has 1 saturated carbocycles. The number of likely N-dealkylation sites (tertiary alicyclic amines) is 1. The lowest BCUT2D eigenvalue weighted by molar-refractivity contribution is 0.0199. The highest BCUT2D eigenvalue weighted by Crippen LogP contribution is 2.53. The third-order valence-electron chi connectivity index (χ3n) is 4.89. The van der Waals surface area contributed by atoms with Crippen LogP contribution in [-0.2, 0) is 9.47 Å². The molecule has 3 rings (SSSR count). The summed E-state index contributed by atoms with van der Waals surface area (Å²) in [5.41, 5.74) is 1.04. The third kappa shape index (κ3) is 3.27. The quantitative estimate of drug-likeness (QED) is 0.716. The normalized spacial score (nSPS) is 32.7. The average molecular weight is 335 g/mol. The summed E-state index contributed by atoms with van der Waals surface area (Å²) in [5.74, 6) is 0.545. The van der Waals surface area contributed by atoms with Gasteiger partial charge in [0.25, 0.3) is 0 Å². The van der Waals surface area contributed by atoms with Crippen molar-refractivity contribution in [1.29, 1.82) is 0 Å². The van der Waals surface area contributed by atoms with E-state index in [0.29, 0.717) is 24.8 Å². The minimum atomic E-state index is -0.554. The Labute approximate surface area is 143 Å². The van der Waals surface area contributed by atoms with E-state index in [2.05, 4.69) is 6.58 Å². The SMILES string of the molecule is C=C1CC=C(F)C=C(C2C3CC3CN2C(=O)OC(C)(C)C)C1OC. The monoisotopic (exact) mass is 335 g/mol. The number of allylic oxidation sites excluding steroid dienone is 3. The van der Waals surface area contributed by atoms with E-state index in [9.17, 15) is 9.18 Å². The van der Waals surface area contributed by atoms with Crippen LogP contribution in [0.4, 0.5) is 9.18 Å². The molecule has 3 aliphatic rings. The van der Waals surface area contributed by atoms with Gasteiger partial charge in [-0.1, -0.05) is 6.58 Å². The first kappa shape index (κ1) is 17.2. The number of carbonyl (C=O) groups excluding carboxylic acids is 1. The lowest BCUT2D eigenvalue weighted by Gasteiger charge is -2.34. The Bertz CT molecular complexity index is 617. The van der Waals surface area contributed by atoms with Crippen LogP contribution in [-0.4, -0.2) is 42.4 Å². The molecule has 2 fully saturated rings. The van der Waals surface area contributed by atoms with Crippen molar-refractivity contribution in [3.63, 3.8) is 0 Å². The van der Waals surface area contributed by atoms with Crippen LogP contribution in [0, 0.1) is 11.8 Å². The Morgan fingerprint density at radius 2 is 2.12 bits per heavy atom. The number of halogens is 1. The first-order valence-corrected chi connectivity index (χ1v) is 8.48.